The quantitative estimate of drug-likeness (QED) is 0.841. The maximum absolute atomic E-state index is 6.08. The van der Waals surface area contributed by atoms with Gasteiger partial charge in [0, 0.05) is 13.0 Å². The predicted octanol–water partition coefficient (Wildman–Crippen LogP) is 2.69. The molecular weight excluding hydrogens is 210 g/mol. The fourth-order valence-corrected chi connectivity index (χ4v) is 2.85. The highest BCUT2D eigenvalue weighted by atomic mass is 16.5. The molecule has 0 radical (unpaired) electrons. The monoisotopic (exact) mass is 231 g/mol. The van der Waals surface area contributed by atoms with E-state index in [2.05, 4.69) is 29.6 Å². The molecule has 0 amide bonds. The summed E-state index contributed by atoms with van der Waals surface area (Å²) < 4.78 is 6.08. The first-order valence-corrected chi connectivity index (χ1v) is 6.75. The molecule has 0 bridgehead atoms. The van der Waals surface area contributed by atoms with Crippen molar-refractivity contribution in [3.05, 3.63) is 35.4 Å². The molecule has 2 unspecified atom stereocenters. The Labute approximate surface area is 103 Å². The average Bonchev–Trinajstić information content (AvgIpc) is 3.09. The summed E-state index contributed by atoms with van der Waals surface area (Å²) in [6.45, 7) is 0.932. The number of rotatable bonds is 5. The number of hydrogen-bond acceptors (Lipinski definition) is 2. The van der Waals surface area contributed by atoms with Gasteiger partial charge in [-0.3, -0.25) is 0 Å². The second kappa shape index (κ2) is 4.79. The lowest BCUT2D eigenvalue weighted by Crippen LogP contribution is -2.28. The van der Waals surface area contributed by atoms with Crippen molar-refractivity contribution in [2.45, 2.75) is 37.8 Å². The minimum atomic E-state index is 0.330. The van der Waals surface area contributed by atoms with Gasteiger partial charge in [-0.15, -0.1) is 0 Å². The fourth-order valence-electron chi connectivity index (χ4n) is 2.85. The van der Waals surface area contributed by atoms with Crippen LogP contribution in [-0.2, 0) is 11.2 Å². The number of ether oxygens (including phenoxy) is 1. The highest BCUT2D eigenvalue weighted by molar-refractivity contribution is 5.36. The Bertz CT molecular complexity index is 386. The molecule has 2 aliphatic rings. The van der Waals surface area contributed by atoms with Gasteiger partial charge in [0.15, 0.2) is 0 Å². The second-order valence-corrected chi connectivity index (χ2v) is 5.31. The second-order valence-electron chi connectivity index (χ2n) is 5.31. The molecule has 1 fully saturated rings. The van der Waals surface area contributed by atoms with E-state index in [1.807, 2.05) is 7.05 Å². The zero-order valence-electron chi connectivity index (χ0n) is 10.5. The van der Waals surface area contributed by atoms with Crippen molar-refractivity contribution in [2.75, 3.05) is 13.7 Å². The standard InChI is InChI=1S/C15H21NO/c1-16-15-13-5-3-2-4-12(13)10-14(15)17-9-8-11-6-7-11/h2-5,11,14-16H,6-10H2,1H3. The summed E-state index contributed by atoms with van der Waals surface area (Å²) in [5, 5.41) is 3.40. The SMILES string of the molecule is CNC1c2ccccc2CC1OCCC1CC1. The van der Waals surface area contributed by atoms with Crippen molar-refractivity contribution in [3.8, 4) is 0 Å². The minimum Gasteiger partial charge on any atom is -0.376 e. The Morgan fingerprint density at radius 3 is 2.88 bits per heavy atom. The summed E-state index contributed by atoms with van der Waals surface area (Å²) in [6, 6.07) is 9.07. The van der Waals surface area contributed by atoms with Gasteiger partial charge in [-0.1, -0.05) is 37.1 Å². The molecule has 0 heterocycles. The molecular formula is C15H21NO. The number of benzene rings is 1. The smallest absolute Gasteiger partial charge is 0.0810 e. The molecule has 17 heavy (non-hydrogen) atoms. The van der Waals surface area contributed by atoms with E-state index >= 15 is 0 Å². The number of fused-ring (bicyclic) bond motifs is 1. The van der Waals surface area contributed by atoms with Crippen LogP contribution in [0.15, 0.2) is 24.3 Å². The van der Waals surface area contributed by atoms with Crippen LogP contribution in [0.5, 0.6) is 0 Å². The summed E-state index contributed by atoms with van der Waals surface area (Å²) in [4.78, 5) is 0. The molecule has 3 rings (SSSR count). The highest BCUT2D eigenvalue weighted by Gasteiger charge is 2.32. The molecule has 2 aliphatic carbocycles. The van der Waals surface area contributed by atoms with Crippen molar-refractivity contribution in [2.24, 2.45) is 5.92 Å². The van der Waals surface area contributed by atoms with Crippen LogP contribution in [0.2, 0.25) is 0 Å². The molecule has 92 valence electrons. The van der Waals surface area contributed by atoms with Crippen LogP contribution in [0.1, 0.15) is 36.4 Å². The van der Waals surface area contributed by atoms with E-state index in [4.69, 9.17) is 4.74 Å². The molecule has 0 aliphatic heterocycles. The Balaban J connectivity index is 1.62. The summed E-state index contributed by atoms with van der Waals surface area (Å²) >= 11 is 0. The molecule has 0 aromatic heterocycles. The average molecular weight is 231 g/mol. The molecule has 2 nitrogen and oxygen atoms in total. The zero-order chi connectivity index (χ0) is 11.7. The van der Waals surface area contributed by atoms with E-state index in [0.717, 1.165) is 18.9 Å². The predicted molar refractivity (Wildman–Crippen MR) is 69.0 cm³/mol. The van der Waals surface area contributed by atoms with Crippen LogP contribution in [0.25, 0.3) is 0 Å². The Hall–Kier alpha value is -0.860. The third-order valence-electron chi connectivity index (χ3n) is 4.05. The van der Waals surface area contributed by atoms with Crippen LogP contribution < -0.4 is 5.32 Å². The van der Waals surface area contributed by atoms with E-state index in [1.165, 1.54) is 30.4 Å². The van der Waals surface area contributed by atoms with E-state index in [1.54, 1.807) is 0 Å². The highest BCUT2D eigenvalue weighted by Crippen LogP contribution is 2.35. The summed E-state index contributed by atoms with van der Waals surface area (Å²) in [5.74, 6) is 0.965. The van der Waals surface area contributed by atoms with E-state index in [0.29, 0.717) is 12.1 Å². The van der Waals surface area contributed by atoms with Gasteiger partial charge < -0.3 is 10.1 Å². The molecule has 1 aromatic rings. The van der Waals surface area contributed by atoms with E-state index in [9.17, 15) is 0 Å². The molecule has 0 spiro atoms. The van der Waals surface area contributed by atoms with Crippen molar-refractivity contribution < 1.29 is 4.74 Å². The van der Waals surface area contributed by atoms with Gasteiger partial charge in [-0.2, -0.15) is 0 Å². The lowest BCUT2D eigenvalue weighted by atomic mass is 10.1. The van der Waals surface area contributed by atoms with Crippen LogP contribution in [0.4, 0.5) is 0 Å². The topological polar surface area (TPSA) is 21.3 Å². The first-order chi connectivity index (χ1) is 8.38. The molecule has 1 N–H and O–H groups in total. The maximum atomic E-state index is 6.08. The number of nitrogens with one attached hydrogen (secondary N) is 1. The number of hydrogen-bond donors (Lipinski definition) is 1. The van der Waals surface area contributed by atoms with Gasteiger partial charge >= 0.3 is 0 Å². The molecule has 2 heteroatoms. The van der Waals surface area contributed by atoms with Gasteiger partial charge in [0.1, 0.15) is 0 Å². The van der Waals surface area contributed by atoms with Gasteiger partial charge in [0.25, 0.3) is 0 Å². The van der Waals surface area contributed by atoms with Gasteiger partial charge in [-0.05, 0) is 30.5 Å². The summed E-state index contributed by atoms with van der Waals surface area (Å²) in [6.07, 6.45) is 5.49. The number of likely N-dealkylation sites (N-methyl/N-ethyl adjacent to an activating group) is 1. The lowest BCUT2D eigenvalue weighted by Gasteiger charge is -2.20. The maximum Gasteiger partial charge on any atom is 0.0810 e. The molecule has 1 saturated carbocycles. The normalized spacial score (nSPS) is 27.1. The first kappa shape index (κ1) is 11.2. The third kappa shape index (κ3) is 2.38. The van der Waals surface area contributed by atoms with Crippen LogP contribution in [0, 0.1) is 5.92 Å². The van der Waals surface area contributed by atoms with Crippen molar-refractivity contribution in [1.29, 1.82) is 0 Å². The first-order valence-electron chi connectivity index (χ1n) is 6.75. The van der Waals surface area contributed by atoms with Gasteiger partial charge in [0.2, 0.25) is 0 Å². The Morgan fingerprint density at radius 2 is 2.12 bits per heavy atom. The third-order valence-corrected chi connectivity index (χ3v) is 4.05. The van der Waals surface area contributed by atoms with Crippen molar-refractivity contribution in [1.82, 2.24) is 5.32 Å². The van der Waals surface area contributed by atoms with Crippen LogP contribution >= 0.6 is 0 Å². The fraction of sp³-hybridized carbons (Fsp3) is 0.600. The van der Waals surface area contributed by atoms with Gasteiger partial charge in [0.05, 0.1) is 12.1 Å². The molecule has 0 saturated heterocycles. The Kier molecular flexibility index (Phi) is 3.17. The largest absolute Gasteiger partial charge is 0.376 e. The van der Waals surface area contributed by atoms with Crippen molar-refractivity contribution >= 4 is 0 Å². The summed E-state index contributed by atoms with van der Waals surface area (Å²) in [5.41, 5.74) is 2.87. The van der Waals surface area contributed by atoms with Gasteiger partial charge in [-0.25, -0.2) is 0 Å². The molecule has 1 aromatic carbocycles. The van der Waals surface area contributed by atoms with Crippen molar-refractivity contribution in [3.63, 3.8) is 0 Å². The Morgan fingerprint density at radius 1 is 1.29 bits per heavy atom. The molecule has 2 atom stereocenters. The van der Waals surface area contributed by atoms with Crippen LogP contribution in [-0.4, -0.2) is 19.8 Å². The van der Waals surface area contributed by atoms with E-state index < -0.39 is 0 Å². The summed E-state index contributed by atoms with van der Waals surface area (Å²) in [7, 11) is 2.03. The van der Waals surface area contributed by atoms with Crippen LogP contribution in [0.3, 0.4) is 0 Å². The zero-order valence-corrected chi connectivity index (χ0v) is 10.5. The lowest BCUT2D eigenvalue weighted by molar-refractivity contribution is 0.0331. The minimum absolute atomic E-state index is 0.330. The van der Waals surface area contributed by atoms with E-state index in [-0.39, 0.29) is 0 Å².